The number of hydrogen-bond acceptors (Lipinski definition) is 6. The van der Waals surface area contributed by atoms with Gasteiger partial charge in [0.1, 0.15) is 16.7 Å². The molecule has 0 bridgehead atoms. The number of likely N-dealkylation sites (N-methyl/N-ethyl adjacent to an activating group) is 1. The Morgan fingerprint density at radius 2 is 1.91 bits per heavy atom. The Labute approximate surface area is 189 Å². The molecule has 1 aliphatic heterocycles. The third-order valence-corrected chi connectivity index (χ3v) is 6.41. The van der Waals surface area contributed by atoms with Gasteiger partial charge in [-0.05, 0) is 49.4 Å². The van der Waals surface area contributed by atoms with Crippen LogP contribution in [0.15, 0.2) is 42.9 Å². The highest BCUT2D eigenvalue weighted by Crippen LogP contribution is 2.34. The zero-order valence-electron chi connectivity index (χ0n) is 18.4. The molecule has 8 nitrogen and oxygen atoms in total. The van der Waals surface area contributed by atoms with Gasteiger partial charge in [0.15, 0.2) is 17.3 Å². The molecule has 1 aliphatic rings. The largest absolute Gasteiger partial charge is 0.367 e. The fraction of sp³-hybridized carbons (Fsp3) is 0.250. The fourth-order valence-electron chi connectivity index (χ4n) is 4.50. The Bertz CT molecular complexity index is 1480. The van der Waals surface area contributed by atoms with Gasteiger partial charge in [0.25, 0.3) is 0 Å². The molecule has 6 rings (SSSR count). The number of aromatic amines is 2. The molecular formula is C24H23FN8. The number of nitrogens with zero attached hydrogens (tertiary/aromatic N) is 6. The number of benzene rings is 1. The van der Waals surface area contributed by atoms with Gasteiger partial charge >= 0.3 is 0 Å². The second-order valence-electron chi connectivity index (χ2n) is 8.55. The highest BCUT2D eigenvalue weighted by molar-refractivity contribution is 5.97. The first-order chi connectivity index (χ1) is 16.1. The first-order valence-corrected chi connectivity index (χ1v) is 11.0. The van der Waals surface area contributed by atoms with Crippen molar-refractivity contribution in [1.82, 2.24) is 35.0 Å². The standard InChI is InChI=1S/C24H23FN8/c1-14-3-5-26-13-17(14)15-11-16-20(18(25)12-15)30-31-21(16)24-28-22-19(4-6-27-23(22)29-24)33-9-7-32(2)8-10-33/h3-6,11-13H,7-10H2,1-2H3,(H,30,31)(H,27,28,29). The molecule has 0 aliphatic carbocycles. The van der Waals surface area contributed by atoms with Crippen LogP contribution < -0.4 is 4.90 Å². The summed E-state index contributed by atoms with van der Waals surface area (Å²) in [6, 6.07) is 7.37. The summed E-state index contributed by atoms with van der Waals surface area (Å²) in [5.74, 6) is 0.196. The summed E-state index contributed by atoms with van der Waals surface area (Å²) in [4.78, 5) is 21.5. The number of aromatic nitrogens is 6. The third-order valence-electron chi connectivity index (χ3n) is 6.41. The average Bonchev–Trinajstić information content (AvgIpc) is 3.44. The first-order valence-electron chi connectivity index (χ1n) is 11.0. The molecule has 5 aromatic rings. The molecule has 2 N–H and O–H groups in total. The van der Waals surface area contributed by atoms with Gasteiger partial charge in [-0.25, -0.2) is 14.4 Å². The molecule has 1 saturated heterocycles. The predicted molar refractivity (Wildman–Crippen MR) is 127 cm³/mol. The van der Waals surface area contributed by atoms with E-state index < -0.39 is 0 Å². The molecule has 1 aromatic carbocycles. The van der Waals surface area contributed by atoms with Crippen molar-refractivity contribution in [2.24, 2.45) is 0 Å². The van der Waals surface area contributed by atoms with Crippen LogP contribution in [0.5, 0.6) is 0 Å². The quantitative estimate of drug-likeness (QED) is 0.442. The van der Waals surface area contributed by atoms with Gasteiger partial charge in [-0.2, -0.15) is 5.10 Å². The molecule has 0 unspecified atom stereocenters. The van der Waals surface area contributed by atoms with Gasteiger partial charge < -0.3 is 14.8 Å². The summed E-state index contributed by atoms with van der Waals surface area (Å²) in [5, 5.41) is 7.87. The van der Waals surface area contributed by atoms with Crippen LogP contribution in [0.25, 0.3) is 44.7 Å². The summed E-state index contributed by atoms with van der Waals surface area (Å²) in [6.07, 6.45) is 5.27. The van der Waals surface area contributed by atoms with Crippen LogP contribution in [0.3, 0.4) is 0 Å². The number of anilines is 1. The third kappa shape index (κ3) is 3.32. The molecule has 0 radical (unpaired) electrons. The monoisotopic (exact) mass is 442 g/mol. The zero-order valence-corrected chi connectivity index (χ0v) is 18.4. The van der Waals surface area contributed by atoms with Crippen molar-refractivity contribution in [3.05, 3.63) is 54.2 Å². The van der Waals surface area contributed by atoms with E-state index in [9.17, 15) is 4.39 Å². The topological polar surface area (TPSA) is 89.6 Å². The normalized spacial score (nSPS) is 15.1. The minimum atomic E-state index is -0.388. The van der Waals surface area contributed by atoms with Crippen LogP contribution in [-0.4, -0.2) is 68.3 Å². The minimum absolute atomic E-state index is 0.281. The molecule has 4 aromatic heterocycles. The van der Waals surface area contributed by atoms with E-state index in [-0.39, 0.29) is 11.3 Å². The van der Waals surface area contributed by atoms with Gasteiger partial charge in [-0.3, -0.25) is 10.1 Å². The summed E-state index contributed by atoms with van der Waals surface area (Å²) in [6.45, 7) is 5.88. The van der Waals surface area contributed by atoms with E-state index in [0.29, 0.717) is 22.6 Å². The minimum Gasteiger partial charge on any atom is -0.367 e. The number of aryl methyl sites for hydroxylation is 1. The molecule has 33 heavy (non-hydrogen) atoms. The van der Waals surface area contributed by atoms with Gasteiger partial charge in [0, 0.05) is 55.7 Å². The molecule has 166 valence electrons. The lowest BCUT2D eigenvalue weighted by Gasteiger charge is -2.34. The number of pyridine rings is 2. The molecule has 0 saturated carbocycles. The van der Waals surface area contributed by atoms with E-state index in [1.807, 2.05) is 25.1 Å². The van der Waals surface area contributed by atoms with Gasteiger partial charge in [0.05, 0.1) is 5.69 Å². The van der Waals surface area contributed by atoms with Crippen molar-refractivity contribution < 1.29 is 4.39 Å². The maximum absolute atomic E-state index is 15.0. The maximum atomic E-state index is 15.0. The number of H-pyrrole nitrogens is 2. The van der Waals surface area contributed by atoms with Crippen molar-refractivity contribution in [2.45, 2.75) is 6.92 Å². The number of halogens is 1. The summed E-state index contributed by atoms with van der Waals surface area (Å²) < 4.78 is 15.0. The Morgan fingerprint density at radius 1 is 1.06 bits per heavy atom. The van der Waals surface area contributed by atoms with Gasteiger partial charge in [-0.15, -0.1) is 0 Å². The average molecular weight is 443 g/mol. The number of rotatable bonds is 3. The van der Waals surface area contributed by atoms with Gasteiger partial charge in [0.2, 0.25) is 0 Å². The Morgan fingerprint density at radius 3 is 2.73 bits per heavy atom. The van der Waals surface area contributed by atoms with E-state index in [1.54, 1.807) is 18.6 Å². The highest BCUT2D eigenvalue weighted by Gasteiger charge is 2.21. The number of fused-ring (bicyclic) bond motifs is 2. The van der Waals surface area contributed by atoms with E-state index in [2.05, 4.69) is 42.0 Å². The van der Waals surface area contributed by atoms with Crippen molar-refractivity contribution in [1.29, 1.82) is 0 Å². The van der Waals surface area contributed by atoms with E-state index >= 15 is 0 Å². The lowest BCUT2D eigenvalue weighted by Crippen LogP contribution is -2.44. The Balaban J connectivity index is 1.48. The number of nitrogens with one attached hydrogen (secondary N) is 2. The van der Waals surface area contributed by atoms with Crippen molar-refractivity contribution in [3.63, 3.8) is 0 Å². The molecule has 1 fully saturated rings. The summed E-state index contributed by atoms with van der Waals surface area (Å²) in [7, 11) is 2.14. The number of imidazole rings is 1. The summed E-state index contributed by atoms with van der Waals surface area (Å²) >= 11 is 0. The van der Waals surface area contributed by atoms with Crippen LogP contribution >= 0.6 is 0 Å². The SMILES string of the molecule is Cc1ccncc1-c1cc(F)c2n[nH]c(-c3nc4nccc(N5CCN(C)CC5)c4[nH]3)c2c1. The van der Waals surface area contributed by atoms with E-state index in [0.717, 1.165) is 54.1 Å². The van der Waals surface area contributed by atoms with Crippen molar-refractivity contribution in [3.8, 4) is 22.6 Å². The van der Waals surface area contributed by atoms with Crippen molar-refractivity contribution >= 4 is 27.8 Å². The lowest BCUT2D eigenvalue weighted by molar-refractivity contribution is 0.313. The fourth-order valence-corrected chi connectivity index (χ4v) is 4.50. The van der Waals surface area contributed by atoms with Gasteiger partial charge in [-0.1, -0.05) is 0 Å². The smallest absolute Gasteiger partial charge is 0.180 e. The number of hydrogen-bond donors (Lipinski definition) is 2. The zero-order chi connectivity index (χ0) is 22.5. The van der Waals surface area contributed by atoms with Crippen LogP contribution in [0.2, 0.25) is 0 Å². The molecule has 0 atom stereocenters. The second-order valence-corrected chi connectivity index (χ2v) is 8.55. The van der Waals surface area contributed by atoms with Crippen LogP contribution in [0.1, 0.15) is 5.56 Å². The molecule has 0 spiro atoms. The van der Waals surface area contributed by atoms with Crippen LogP contribution in [-0.2, 0) is 0 Å². The lowest BCUT2D eigenvalue weighted by atomic mass is 10.0. The first kappa shape index (κ1) is 19.8. The molecular weight excluding hydrogens is 419 g/mol. The molecule has 9 heteroatoms. The predicted octanol–water partition coefficient (Wildman–Crippen LogP) is 3.76. The molecule has 0 amide bonds. The highest BCUT2D eigenvalue weighted by atomic mass is 19.1. The maximum Gasteiger partial charge on any atom is 0.180 e. The number of piperazine rings is 1. The molecule has 5 heterocycles. The van der Waals surface area contributed by atoms with Crippen LogP contribution in [0, 0.1) is 12.7 Å². The van der Waals surface area contributed by atoms with E-state index in [4.69, 9.17) is 4.98 Å². The second kappa shape index (κ2) is 7.63. The summed E-state index contributed by atoms with van der Waals surface area (Å²) in [5.41, 5.74) is 6.16. The van der Waals surface area contributed by atoms with Crippen molar-refractivity contribution in [2.75, 3.05) is 38.1 Å². The van der Waals surface area contributed by atoms with Crippen LogP contribution in [0.4, 0.5) is 10.1 Å². The Kier molecular flexibility index (Phi) is 4.58. The Hall–Kier alpha value is -3.85. The van der Waals surface area contributed by atoms with E-state index in [1.165, 1.54) is 6.07 Å².